The topological polar surface area (TPSA) is 60.7 Å². The first-order valence-electron chi connectivity index (χ1n) is 10.8. The van der Waals surface area contributed by atoms with E-state index in [-0.39, 0.29) is 5.91 Å². The van der Waals surface area contributed by atoms with E-state index in [9.17, 15) is 4.79 Å². The van der Waals surface area contributed by atoms with Crippen molar-refractivity contribution in [2.24, 2.45) is 0 Å². The Hall–Kier alpha value is -2.27. The van der Waals surface area contributed by atoms with E-state index in [0.717, 1.165) is 53.1 Å². The molecular formula is C24H33NO4. The minimum Gasteiger partial charge on any atom is -0.493 e. The second-order valence-corrected chi connectivity index (χ2v) is 7.57. The maximum absolute atomic E-state index is 12.4. The molecule has 2 aromatic rings. The Morgan fingerprint density at radius 3 is 2.79 bits per heavy atom. The van der Waals surface area contributed by atoms with Gasteiger partial charge in [0.05, 0.1) is 6.61 Å². The fourth-order valence-corrected chi connectivity index (χ4v) is 4.02. The lowest BCUT2D eigenvalue weighted by Gasteiger charge is -2.15. The summed E-state index contributed by atoms with van der Waals surface area (Å²) in [5.41, 5.74) is 5.13. The lowest BCUT2D eigenvalue weighted by Crippen LogP contribution is -2.23. The highest BCUT2D eigenvalue weighted by Crippen LogP contribution is 2.41. The van der Waals surface area contributed by atoms with Crippen molar-refractivity contribution in [3.05, 3.63) is 34.6 Å². The van der Waals surface area contributed by atoms with Crippen molar-refractivity contribution in [1.82, 2.24) is 5.32 Å². The summed E-state index contributed by atoms with van der Waals surface area (Å²) >= 11 is 0. The number of ether oxygens (including phenoxy) is 2. The van der Waals surface area contributed by atoms with Crippen LogP contribution in [-0.4, -0.2) is 32.3 Å². The van der Waals surface area contributed by atoms with Crippen LogP contribution in [0.3, 0.4) is 0 Å². The van der Waals surface area contributed by atoms with E-state index in [1.807, 2.05) is 27.7 Å². The third-order valence-corrected chi connectivity index (χ3v) is 5.46. The summed E-state index contributed by atoms with van der Waals surface area (Å²) in [6.07, 6.45) is 6.90. The van der Waals surface area contributed by atoms with Gasteiger partial charge in [-0.05, 0) is 65.0 Å². The lowest BCUT2D eigenvalue weighted by atomic mass is 9.93. The van der Waals surface area contributed by atoms with Gasteiger partial charge in [0.15, 0.2) is 0 Å². The van der Waals surface area contributed by atoms with Gasteiger partial charge in [0.2, 0.25) is 5.91 Å². The molecule has 3 rings (SSSR count). The molecule has 1 amide bonds. The van der Waals surface area contributed by atoms with Gasteiger partial charge in [-0.25, -0.2) is 0 Å². The highest BCUT2D eigenvalue weighted by molar-refractivity contribution is 5.98. The Bertz CT molecular complexity index is 894. The number of benzene rings is 1. The van der Waals surface area contributed by atoms with Gasteiger partial charge in [-0.1, -0.05) is 0 Å². The summed E-state index contributed by atoms with van der Waals surface area (Å²) in [6.45, 7) is 10.5. The van der Waals surface area contributed by atoms with Gasteiger partial charge in [-0.15, -0.1) is 0 Å². The van der Waals surface area contributed by atoms with E-state index >= 15 is 0 Å². The van der Waals surface area contributed by atoms with E-state index in [1.54, 1.807) is 6.08 Å². The summed E-state index contributed by atoms with van der Waals surface area (Å²) in [5, 5.41) is 4.10. The van der Waals surface area contributed by atoms with Crippen molar-refractivity contribution in [2.45, 2.75) is 59.8 Å². The van der Waals surface area contributed by atoms with E-state index in [4.69, 9.17) is 13.9 Å². The van der Waals surface area contributed by atoms with Crippen LogP contribution < -0.4 is 10.1 Å². The average molecular weight is 400 g/mol. The molecule has 0 radical (unpaired) electrons. The smallest absolute Gasteiger partial charge is 0.244 e. The minimum absolute atomic E-state index is 0.0894. The molecule has 1 aliphatic carbocycles. The fourth-order valence-electron chi connectivity index (χ4n) is 4.02. The van der Waals surface area contributed by atoms with Gasteiger partial charge in [0.25, 0.3) is 0 Å². The summed E-state index contributed by atoms with van der Waals surface area (Å²) in [7, 11) is 0. The van der Waals surface area contributed by atoms with E-state index in [2.05, 4.69) is 11.4 Å². The predicted octanol–water partition coefficient (Wildman–Crippen LogP) is 4.96. The molecule has 0 spiro atoms. The number of rotatable bonds is 9. The number of furan rings is 1. The molecule has 0 saturated heterocycles. The molecule has 1 aromatic heterocycles. The number of hydrogen-bond donors (Lipinski definition) is 1. The third kappa shape index (κ3) is 4.84. The Morgan fingerprint density at radius 2 is 2.03 bits per heavy atom. The van der Waals surface area contributed by atoms with Crippen LogP contribution in [0.15, 0.2) is 16.6 Å². The molecule has 0 atom stereocenters. The molecule has 0 saturated carbocycles. The summed E-state index contributed by atoms with van der Waals surface area (Å²) in [5.74, 6) is 1.83. The van der Waals surface area contributed by atoms with Crippen molar-refractivity contribution in [3.8, 4) is 5.75 Å². The molecule has 1 aromatic carbocycles. The Morgan fingerprint density at radius 1 is 1.24 bits per heavy atom. The molecular weight excluding hydrogens is 366 g/mol. The molecule has 29 heavy (non-hydrogen) atoms. The zero-order valence-corrected chi connectivity index (χ0v) is 18.2. The van der Waals surface area contributed by atoms with Gasteiger partial charge in [-0.3, -0.25) is 4.79 Å². The maximum atomic E-state index is 12.4. The Kier molecular flexibility index (Phi) is 7.37. The van der Waals surface area contributed by atoms with Gasteiger partial charge in [0, 0.05) is 54.3 Å². The van der Waals surface area contributed by atoms with E-state index < -0.39 is 0 Å². The molecule has 1 N–H and O–H groups in total. The molecule has 1 heterocycles. The van der Waals surface area contributed by atoms with Crippen molar-refractivity contribution in [1.29, 1.82) is 0 Å². The number of hydrogen-bond acceptors (Lipinski definition) is 4. The normalized spacial score (nSPS) is 14.1. The number of aryl methyl sites for hydroxylation is 3. The van der Waals surface area contributed by atoms with Gasteiger partial charge in [0.1, 0.15) is 17.1 Å². The predicted molar refractivity (Wildman–Crippen MR) is 117 cm³/mol. The van der Waals surface area contributed by atoms with Crippen LogP contribution in [0.1, 0.15) is 62.5 Å². The van der Waals surface area contributed by atoms with Crippen molar-refractivity contribution < 1.29 is 18.7 Å². The van der Waals surface area contributed by atoms with Gasteiger partial charge >= 0.3 is 0 Å². The number of carbonyl (C=O) groups excluding carboxylic acids is 1. The van der Waals surface area contributed by atoms with Crippen LogP contribution in [0.25, 0.3) is 16.5 Å². The summed E-state index contributed by atoms with van der Waals surface area (Å²) < 4.78 is 17.5. The zero-order chi connectivity index (χ0) is 20.8. The molecule has 5 heteroatoms. The van der Waals surface area contributed by atoms with Crippen LogP contribution in [0.4, 0.5) is 0 Å². The first-order valence-corrected chi connectivity index (χ1v) is 10.8. The minimum atomic E-state index is -0.0894. The van der Waals surface area contributed by atoms with E-state index in [0.29, 0.717) is 26.4 Å². The third-order valence-electron chi connectivity index (χ3n) is 5.46. The van der Waals surface area contributed by atoms with Crippen LogP contribution in [0.2, 0.25) is 0 Å². The van der Waals surface area contributed by atoms with Crippen LogP contribution in [0.5, 0.6) is 5.75 Å². The number of fused-ring (bicyclic) bond motifs is 3. The van der Waals surface area contributed by atoms with Gasteiger partial charge in [-0.2, -0.15) is 0 Å². The fraction of sp³-hybridized carbons (Fsp3) is 0.542. The van der Waals surface area contributed by atoms with Crippen LogP contribution >= 0.6 is 0 Å². The second kappa shape index (κ2) is 9.97. The molecule has 0 unspecified atom stereocenters. The molecule has 0 fully saturated rings. The largest absolute Gasteiger partial charge is 0.493 e. The van der Waals surface area contributed by atoms with Crippen LogP contribution in [-0.2, 0) is 22.4 Å². The average Bonchev–Trinajstić information content (AvgIpc) is 3.09. The lowest BCUT2D eigenvalue weighted by molar-refractivity contribution is -0.116. The molecule has 0 bridgehead atoms. The highest BCUT2D eigenvalue weighted by atomic mass is 16.5. The SMILES string of the molecule is CCOCCCNC(=O)/C=C(\C)c1cc2c3c(oc2c(C)c1OCC)CCCC3. The molecule has 1 aliphatic rings. The van der Waals surface area contributed by atoms with Gasteiger partial charge < -0.3 is 19.2 Å². The van der Waals surface area contributed by atoms with Crippen molar-refractivity contribution >= 4 is 22.4 Å². The first-order chi connectivity index (χ1) is 14.1. The Labute approximate surface area is 173 Å². The zero-order valence-electron chi connectivity index (χ0n) is 18.2. The number of nitrogens with one attached hydrogen (secondary N) is 1. The maximum Gasteiger partial charge on any atom is 0.244 e. The molecule has 5 nitrogen and oxygen atoms in total. The highest BCUT2D eigenvalue weighted by Gasteiger charge is 2.23. The molecule has 0 aliphatic heterocycles. The first kappa shape index (κ1) is 21.4. The molecule has 158 valence electrons. The van der Waals surface area contributed by atoms with Crippen molar-refractivity contribution in [2.75, 3.05) is 26.4 Å². The van der Waals surface area contributed by atoms with Crippen molar-refractivity contribution in [3.63, 3.8) is 0 Å². The van der Waals surface area contributed by atoms with E-state index in [1.165, 1.54) is 23.8 Å². The number of allylic oxidation sites excluding steroid dienone is 1. The number of carbonyl (C=O) groups is 1. The summed E-state index contributed by atoms with van der Waals surface area (Å²) in [4.78, 5) is 12.4. The van der Waals surface area contributed by atoms with Crippen LogP contribution in [0, 0.1) is 6.92 Å². The summed E-state index contributed by atoms with van der Waals surface area (Å²) in [6, 6.07) is 2.15. The quantitative estimate of drug-likeness (QED) is 0.478. The standard InChI is InChI=1S/C24H33NO4/c1-5-27-13-9-12-25-22(26)14-16(3)19-15-20-18-10-7-8-11-21(18)29-24(20)17(4)23(19)28-6-2/h14-15H,5-13H2,1-4H3,(H,25,26)/b16-14+. The second-order valence-electron chi connectivity index (χ2n) is 7.57. The monoisotopic (exact) mass is 399 g/mol. The number of amides is 1. The Balaban J connectivity index is 1.90.